The predicted molar refractivity (Wildman–Crippen MR) is 98.0 cm³/mol. The monoisotopic (exact) mass is 361 g/mol. The lowest BCUT2D eigenvalue weighted by Crippen LogP contribution is -2.33. The number of alkyl halides is 2. The number of hydrogen-bond acceptors (Lipinski definition) is 3. The molecule has 3 nitrogen and oxygen atoms in total. The van der Waals surface area contributed by atoms with Gasteiger partial charge >= 0.3 is 6.61 Å². The number of hydrogen-bond donors (Lipinski definition) is 1. The summed E-state index contributed by atoms with van der Waals surface area (Å²) in [6.07, 6.45) is 3.93. The molecule has 0 saturated carbocycles. The van der Waals surface area contributed by atoms with E-state index < -0.39 is 6.61 Å². The van der Waals surface area contributed by atoms with Crippen LogP contribution in [0.1, 0.15) is 24.0 Å². The molecule has 0 aliphatic carbocycles. The lowest BCUT2D eigenvalue weighted by molar-refractivity contribution is -0.0498. The fourth-order valence-corrected chi connectivity index (χ4v) is 3.28. The van der Waals surface area contributed by atoms with Gasteiger partial charge in [-0.15, -0.1) is 0 Å². The van der Waals surface area contributed by atoms with Gasteiger partial charge in [-0.1, -0.05) is 30.3 Å². The van der Waals surface area contributed by atoms with Gasteiger partial charge in [-0.25, -0.2) is 0 Å². The molecule has 2 aromatic carbocycles. The molecule has 1 atom stereocenters. The molecule has 1 saturated heterocycles. The van der Waals surface area contributed by atoms with Crippen LogP contribution in [0.2, 0.25) is 0 Å². The van der Waals surface area contributed by atoms with Gasteiger partial charge in [0.05, 0.1) is 6.61 Å². The van der Waals surface area contributed by atoms with Gasteiger partial charge < -0.3 is 14.8 Å². The Hall–Kier alpha value is -2.14. The van der Waals surface area contributed by atoms with Crippen molar-refractivity contribution in [1.82, 2.24) is 5.32 Å². The molecule has 1 heterocycles. The number of ether oxygens (including phenoxy) is 2. The average molecular weight is 361 g/mol. The van der Waals surface area contributed by atoms with Gasteiger partial charge in [-0.3, -0.25) is 0 Å². The second-order valence-corrected chi connectivity index (χ2v) is 6.66. The summed E-state index contributed by atoms with van der Waals surface area (Å²) in [4.78, 5) is 0. The van der Waals surface area contributed by atoms with Crippen molar-refractivity contribution < 1.29 is 18.3 Å². The standard InChI is InChI=1S/C21H25F2NO2/c22-21(23)26-19-8-3-5-16(13-19)10-11-18-7-1-2-9-20(18)25-15-17-6-4-12-24-14-17/h1-3,5,7-9,13,17,21,24H,4,6,10-12,14-15H2. The van der Waals surface area contributed by atoms with Crippen LogP contribution in [0.4, 0.5) is 8.78 Å². The Morgan fingerprint density at radius 3 is 2.77 bits per heavy atom. The van der Waals surface area contributed by atoms with Crippen LogP contribution in [0.25, 0.3) is 0 Å². The van der Waals surface area contributed by atoms with Gasteiger partial charge in [0.2, 0.25) is 0 Å². The molecule has 1 unspecified atom stereocenters. The molecule has 1 fully saturated rings. The van der Waals surface area contributed by atoms with Crippen molar-refractivity contribution in [3.63, 3.8) is 0 Å². The summed E-state index contributed by atoms with van der Waals surface area (Å²) in [5.41, 5.74) is 2.10. The van der Waals surface area contributed by atoms with Crippen molar-refractivity contribution in [2.24, 2.45) is 5.92 Å². The SMILES string of the molecule is FC(F)Oc1cccc(CCc2ccccc2OCC2CCCNC2)c1. The van der Waals surface area contributed by atoms with E-state index in [1.807, 2.05) is 24.3 Å². The molecule has 0 radical (unpaired) electrons. The van der Waals surface area contributed by atoms with Gasteiger partial charge in [0, 0.05) is 12.5 Å². The third-order valence-corrected chi connectivity index (χ3v) is 4.65. The van der Waals surface area contributed by atoms with E-state index in [1.165, 1.54) is 12.8 Å². The Morgan fingerprint density at radius 2 is 1.96 bits per heavy atom. The number of rotatable bonds is 8. The summed E-state index contributed by atoms with van der Waals surface area (Å²) in [6, 6.07) is 14.9. The third kappa shape index (κ3) is 5.70. The van der Waals surface area contributed by atoms with Crippen molar-refractivity contribution >= 4 is 0 Å². The van der Waals surface area contributed by atoms with E-state index in [0.717, 1.165) is 49.4 Å². The first-order chi connectivity index (χ1) is 12.7. The zero-order valence-electron chi connectivity index (χ0n) is 14.8. The number of aryl methyl sites for hydroxylation is 2. The topological polar surface area (TPSA) is 30.5 Å². The van der Waals surface area contributed by atoms with Gasteiger partial charge in [-0.05, 0) is 61.6 Å². The van der Waals surface area contributed by atoms with E-state index in [1.54, 1.807) is 18.2 Å². The van der Waals surface area contributed by atoms with Crippen molar-refractivity contribution in [2.75, 3.05) is 19.7 Å². The summed E-state index contributed by atoms with van der Waals surface area (Å²) in [5.74, 6) is 1.67. The van der Waals surface area contributed by atoms with E-state index in [4.69, 9.17) is 4.74 Å². The Bertz CT molecular complexity index is 687. The van der Waals surface area contributed by atoms with Crippen molar-refractivity contribution in [3.8, 4) is 11.5 Å². The molecule has 1 aliphatic heterocycles. The molecule has 0 bridgehead atoms. The molecule has 0 aromatic heterocycles. The number of nitrogens with one attached hydrogen (secondary N) is 1. The van der Waals surface area contributed by atoms with Crippen molar-refractivity contribution in [2.45, 2.75) is 32.3 Å². The van der Waals surface area contributed by atoms with Crippen molar-refractivity contribution in [1.29, 1.82) is 0 Å². The first-order valence-corrected chi connectivity index (χ1v) is 9.16. The lowest BCUT2D eigenvalue weighted by Gasteiger charge is -2.23. The molecule has 0 amide bonds. The van der Waals surface area contributed by atoms with Crippen molar-refractivity contribution in [3.05, 3.63) is 59.7 Å². The highest BCUT2D eigenvalue weighted by molar-refractivity contribution is 5.35. The summed E-state index contributed by atoms with van der Waals surface area (Å²) in [5, 5.41) is 3.41. The number of halogens is 2. The highest BCUT2D eigenvalue weighted by atomic mass is 19.3. The van der Waals surface area contributed by atoms with E-state index in [9.17, 15) is 8.78 Å². The van der Waals surface area contributed by atoms with Gasteiger partial charge in [0.1, 0.15) is 11.5 Å². The fraction of sp³-hybridized carbons (Fsp3) is 0.429. The van der Waals surface area contributed by atoms with Crippen LogP contribution < -0.4 is 14.8 Å². The minimum atomic E-state index is -2.80. The minimum Gasteiger partial charge on any atom is -0.493 e. The highest BCUT2D eigenvalue weighted by Crippen LogP contribution is 2.23. The summed E-state index contributed by atoms with van der Waals surface area (Å²) < 4.78 is 35.3. The van der Waals surface area contributed by atoms with Gasteiger partial charge in [-0.2, -0.15) is 8.78 Å². The molecule has 0 spiro atoms. The zero-order chi connectivity index (χ0) is 18.2. The Morgan fingerprint density at radius 1 is 1.08 bits per heavy atom. The van der Waals surface area contributed by atoms with Crippen LogP contribution in [0, 0.1) is 5.92 Å². The van der Waals surface area contributed by atoms with E-state index in [2.05, 4.69) is 16.1 Å². The first kappa shape index (κ1) is 18.6. The Balaban J connectivity index is 1.57. The fourth-order valence-electron chi connectivity index (χ4n) is 3.28. The third-order valence-electron chi connectivity index (χ3n) is 4.65. The molecule has 5 heteroatoms. The maximum Gasteiger partial charge on any atom is 0.387 e. The molecule has 140 valence electrons. The summed E-state index contributed by atoms with van der Waals surface area (Å²) in [7, 11) is 0. The molecule has 26 heavy (non-hydrogen) atoms. The molecule has 1 aliphatic rings. The molecule has 1 N–H and O–H groups in total. The zero-order valence-corrected chi connectivity index (χ0v) is 14.8. The van der Waals surface area contributed by atoms with Crippen LogP contribution >= 0.6 is 0 Å². The van der Waals surface area contributed by atoms with Gasteiger partial charge in [0.25, 0.3) is 0 Å². The number of piperidine rings is 1. The second-order valence-electron chi connectivity index (χ2n) is 6.66. The summed E-state index contributed by atoms with van der Waals surface area (Å²) >= 11 is 0. The molecular weight excluding hydrogens is 336 g/mol. The smallest absolute Gasteiger partial charge is 0.387 e. The van der Waals surface area contributed by atoms with Crippen LogP contribution in [0.5, 0.6) is 11.5 Å². The lowest BCUT2D eigenvalue weighted by atomic mass is 10.0. The van der Waals surface area contributed by atoms with Gasteiger partial charge in [0.15, 0.2) is 0 Å². The number of benzene rings is 2. The number of para-hydroxylation sites is 1. The normalized spacial score (nSPS) is 17.3. The van der Waals surface area contributed by atoms with Crippen LogP contribution in [-0.2, 0) is 12.8 Å². The second kappa shape index (κ2) is 9.53. The Labute approximate surface area is 153 Å². The first-order valence-electron chi connectivity index (χ1n) is 9.16. The summed E-state index contributed by atoms with van der Waals surface area (Å²) in [6.45, 7) is 0.0380. The van der Waals surface area contributed by atoms with Crippen LogP contribution in [0.3, 0.4) is 0 Å². The van der Waals surface area contributed by atoms with Crippen LogP contribution in [0.15, 0.2) is 48.5 Å². The average Bonchev–Trinajstić information content (AvgIpc) is 2.66. The molecule has 3 rings (SSSR count). The largest absolute Gasteiger partial charge is 0.493 e. The predicted octanol–water partition coefficient (Wildman–Crippen LogP) is 4.45. The quantitative estimate of drug-likeness (QED) is 0.753. The highest BCUT2D eigenvalue weighted by Gasteiger charge is 2.14. The minimum absolute atomic E-state index is 0.201. The molecule has 2 aromatic rings. The maximum atomic E-state index is 12.4. The van der Waals surface area contributed by atoms with E-state index in [0.29, 0.717) is 5.92 Å². The van der Waals surface area contributed by atoms with Crippen LogP contribution in [-0.4, -0.2) is 26.3 Å². The maximum absolute atomic E-state index is 12.4. The van der Waals surface area contributed by atoms with E-state index >= 15 is 0 Å². The Kier molecular flexibility index (Phi) is 6.83. The molecular formula is C21H25F2NO2. The van der Waals surface area contributed by atoms with E-state index in [-0.39, 0.29) is 5.75 Å².